The van der Waals surface area contributed by atoms with E-state index in [2.05, 4.69) is 0 Å². The number of aryl methyl sites for hydroxylation is 1. The minimum absolute atomic E-state index is 0.0823. The standard InChI is InChI=1S/C11H13F3O.C2H6.CH2O/c12-11(13,14)10-6-3-5-9(8-10)4-1-2-7-15;2*1-2/h3,5-6,8,15H,1-2,4,7H2;1-2H3;1H2. The molecule has 0 aliphatic rings. The van der Waals surface area contributed by atoms with Crippen LogP contribution in [0.1, 0.15) is 37.8 Å². The lowest BCUT2D eigenvalue weighted by Gasteiger charge is -2.08. The van der Waals surface area contributed by atoms with Crippen molar-refractivity contribution in [3.8, 4) is 0 Å². The molecule has 0 bridgehead atoms. The molecule has 0 heterocycles. The van der Waals surface area contributed by atoms with Crippen LogP contribution in [0.25, 0.3) is 0 Å². The van der Waals surface area contributed by atoms with Gasteiger partial charge in [0.2, 0.25) is 0 Å². The molecular formula is C14H21F3O2. The number of aliphatic hydroxyl groups is 1. The van der Waals surface area contributed by atoms with Crippen molar-refractivity contribution in [1.82, 2.24) is 0 Å². The third-order valence-electron chi connectivity index (χ3n) is 2.13. The molecule has 0 amide bonds. The highest BCUT2D eigenvalue weighted by molar-refractivity contribution is 5.25. The molecule has 0 saturated carbocycles. The molecule has 0 aliphatic heterocycles. The number of carbonyl (C=O) groups excluding carboxylic acids is 1. The minimum atomic E-state index is -4.27. The average Bonchev–Trinajstić information content (AvgIpc) is 2.43. The van der Waals surface area contributed by atoms with Gasteiger partial charge in [0.25, 0.3) is 0 Å². The Morgan fingerprint density at radius 1 is 1.16 bits per heavy atom. The van der Waals surface area contributed by atoms with Gasteiger partial charge in [-0.05, 0) is 30.9 Å². The van der Waals surface area contributed by atoms with Crippen molar-refractivity contribution in [2.45, 2.75) is 39.3 Å². The molecule has 5 heteroatoms. The van der Waals surface area contributed by atoms with E-state index in [0.717, 1.165) is 12.1 Å². The van der Waals surface area contributed by atoms with Gasteiger partial charge in [0.1, 0.15) is 6.79 Å². The van der Waals surface area contributed by atoms with Gasteiger partial charge in [-0.15, -0.1) is 0 Å². The van der Waals surface area contributed by atoms with Crippen molar-refractivity contribution < 1.29 is 23.1 Å². The maximum Gasteiger partial charge on any atom is 0.416 e. The molecule has 1 aromatic carbocycles. The van der Waals surface area contributed by atoms with Crippen LogP contribution in [0, 0.1) is 0 Å². The lowest BCUT2D eigenvalue weighted by Crippen LogP contribution is -2.05. The van der Waals surface area contributed by atoms with Crippen LogP contribution < -0.4 is 0 Å². The Balaban J connectivity index is 0. The van der Waals surface area contributed by atoms with E-state index in [9.17, 15) is 13.2 Å². The van der Waals surface area contributed by atoms with Crippen molar-refractivity contribution in [2.24, 2.45) is 0 Å². The van der Waals surface area contributed by atoms with Crippen LogP contribution in [0.4, 0.5) is 13.2 Å². The maximum absolute atomic E-state index is 12.3. The number of alkyl halides is 3. The summed E-state index contributed by atoms with van der Waals surface area (Å²) in [6, 6.07) is 5.32. The van der Waals surface area contributed by atoms with E-state index in [1.54, 1.807) is 6.07 Å². The van der Waals surface area contributed by atoms with Crippen LogP contribution in [-0.2, 0) is 17.4 Å². The van der Waals surface area contributed by atoms with E-state index in [4.69, 9.17) is 9.90 Å². The fourth-order valence-electron chi connectivity index (χ4n) is 1.34. The number of carbonyl (C=O) groups is 1. The Morgan fingerprint density at radius 3 is 2.21 bits per heavy atom. The van der Waals surface area contributed by atoms with Crippen LogP contribution in [0.5, 0.6) is 0 Å². The number of aliphatic hydroxyl groups excluding tert-OH is 1. The van der Waals surface area contributed by atoms with Crippen molar-refractivity contribution >= 4 is 6.79 Å². The van der Waals surface area contributed by atoms with Crippen molar-refractivity contribution in [2.75, 3.05) is 6.61 Å². The normalized spacial score (nSPS) is 9.79. The van der Waals surface area contributed by atoms with Crippen LogP contribution >= 0.6 is 0 Å². The number of benzene rings is 1. The Bertz CT molecular complexity index is 325. The van der Waals surface area contributed by atoms with Crippen LogP contribution in [0.2, 0.25) is 0 Å². The van der Waals surface area contributed by atoms with Gasteiger partial charge in [-0.25, -0.2) is 0 Å². The second kappa shape index (κ2) is 11.7. The number of rotatable bonds is 4. The summed E-state index contributed by atoms with van der Waals surface area (Å²) in [4.78, 5) is 8.00. The van der Waals surface area contributed by atoms with E-state index >= 15 is 0 Å². The lowest BCUT2D eigenvalue weighted by molar-refractivity contribution is -0.137. The Kier molecular flexibility index (Phi) is 12.3. The van der Waals surface area contributed by atoms with E-state index in [-0.39, 0.29) is 6.61 Å². The van der Waals surface area contributed by atoms with E-state index < -0.39 is 11.7 Å². The molecule has 2 nitrogen and oxygen atoms in total. The summed E-state index contributed by atoms with van der Waals surface area (Å²) in [5.74, 6) is 0. The summed E-state index contributed by atoms with van der Waals surface area (Å²) in [5.41, 5.74) is 0.0577. The number of halogens is 3. The highest BCUT2D eigenvalue weighted by Gasteiger charge is 2.30. The van der Waals surface area contributed by atoms with Crippen LogP contribution in [-0.4, -0.2) is 18.5 Å². The zero-order valence-electron chi connectivity index (χ0n) is 11.3. The summed E-state index contributed by atoms with van der Waals surface area (Å²) < 4.78 is 36.9. The maximum atomic E-state index is 12.3. The summed E-state index contributed by atoms with van der Waals surface area (Å²) in [5, 5.41) is 8.55. The van der Waals surface area contributed by atoms with Gasteiger partial charge in [-0.1, -0.05) is 32.0 Å². The van der Waals surface area contributed by atoms with Gasteiger partial charge in [-0.2, -0.15) is 13.2 Å². The number of hydrogen-bond acceptors (Lipinski definition) is 2. The molecule has 0 saturated heterocycles. The topological polar surface area (TPSA) is 37.3 Å². The molecule has 110 valence electrons. The molecule has 1 rings (SSSR count). The zero-order valence-corrected chi connectivity index (χ0v) is 11.3. The monoisotopic (exact) mass is 278 g/mol. The molecule has 0 spiro atoms. The molecular weight excluding hydrogens is 257 g/mol. The first-order valence-corrected chi connectivity index (χ1v) is 6.10. The van der Waals surface area contributed by atoms with E-state index in [1.165, 1.54) is 6.07 Å². The first-order valence-electron chi connectivity index (χ1n) is 6.10. The van der Waals surface area contributed by atoms with Crippen molar-refractivity contribution in [3.05, 3.63) is 35.4 Å². The van der Waals surface area contributed by atoms with Crippen LogP contribution in [0.3, 0.4) is 0 Å². The van der Waals surface area contributed by atoms with E-state index in [1.807, 2.05) is 20.6 Å². The summed E-state index contributed by atoms with van der Waals surface area (Å²) in [6.07, 6.45) is -2.37. The van der Waals surface area contributed by atoms with Crippen molar-refractivity contribution in [3.63, 3.8) is 0 Å². The Labute approximate surface area is 112 Å². The largest absolute Gasteiger partial charge is 0.416 e. The molecule has 0 atom stereocenters. The van der Waals surface area contributed by atoms with Gasteiger partial charge in [0.15, 0.2) is 0 Å². The first kappa shape index (κ1) is 20.0. The summed E-state index contributed by atoms with van der Waals surface area (Å²) in [7, 11) is 0. The third kappa shape index (κ3) is 9.25. The van der Waals surface area contributed by atoms with Crippen molar-refractivity contribution in [1.29, 1.82) is 0 Å². The van der Waals surface area contributed by atoms with Crippen LogP contribution in [0.15, 0.2) is 24.3 Å². The third-order valence-corrected chi connectivity index (χ3v) is 2.13. The predicted octanol–water partition coefficient (Wildman–Crippen LogP) is 3.86. The highest BCUT2D eigenvalue weighted by Crippen LogP contribution is 2.29. The smallest absolute Gasteiger partial charge is 0.396 e. The van der Waals surface area contributed by atoms with E-state index in [0.29, 0.717) is 24.8 Å². The molecule has 1 aromatic rings. The van der Waals surface area contributed by atoms with Gasteiger partial charge in [0.05, 0.1) is 5.56 Å². The molecule has 0 fully saturated rings. The fourth-order valence-corrected chi connectivity index (χ4v) is 1.34. The molecule has 0 radical (unpaired) electrons. The average molecular weight is 278 g/mol. The molecule has 19 heavy (non-hydrogen) atoms. The van der Waals surface area contributed by atoms with Gasteiger partial charge in [-0.3, -0.25) is 0 Å². The quantitative estimate of drug-likeness (QED) is 0.849. The van der Waals surface area contributed by atoms with Gasteiger partial charge in [0, 0.05) is 6.61 Å². The summed E-state index contributed by atoms with van der Waals surface area (Å²) in [6.45, 7) is 6.08. The predicted molar refractivity (Wildman–Crippen MR) is 69.9 cm³/mol. The second-order valence-electron chi connectivity index (χ2n) is 3.38. The number of hydrogen-bond donors (Lipinski definition) is 1. The lowest BCUT2D eigenvalue weighted by atomic mass is 10.1. The highest BCUT2D eigenvalue weighted by atomic mass is 19.4. The Hall–Kier alpha value is -1.36. The minimum Gasteiger partial charge on any atom is -0.396 e. The van der Waals surface area contributed by atoms with Gasteiger partial charge >= 0.3 is 6.18 Å². The Morgan fingerprint density at radius 2 is 1.74 bits per heavy atom. The second-order valence-corrected chi connectivity index (χ2v) is 3.38. The molecule has 0 aromatic heterocycles. The molecule has 0 unspecified atom stereocenters. The first-order chi connectivity index (χ1) is 9.04. The molecule has 0 aliphatic carbocycles. The fraction of sp³-hybridized carbons (Fsp3) is 0.500. The summed E-state index contributed by atoms with van der Waals surface area (Å²) >= 11 is 0. The zero-order chi connectivity index (χ0) is 15.3. The van der Waals surface area contributed by atoms with Gasteiger partial charge < -0.3 is 9.90 Å². The SMILES string of the molecule is C=O.CC.OCCCCc1cccc(C(F)(F)F)c1. The number of unbranched alkanes of at least 4 members (excludes halogenated alkanes) is 1. The molecule has 1 N–H and O–H groups in total.